The van der Waals surface area contributed by atoms with Crippen LogP contribution in [0.15, 0.2) is 0 Å². The summed E-state index contributed by atoms with van der Waals surface area (Å²) in [6.45, 7) is 3.66. The molecule has 2 atom stereocenters. The van der Waals surface area contributed by atoms with Gasteiger partial charge in [0.25, 0.3) is 5.91 Å². The van der Waals surface area contributed by atoms with Gasteiger partial charge < -0.3 is 4.90 Å². The van der Waals surface area contributed by atoms with Crippen molar-refractivity contribution >= 4 is 5.91 Å². The zero-order valence-corrected chi connectivity index (χ0v) is 7.96. The van der Waals surface area contributed by atoms with Crippen molar-refractivity contribution < 1.29 is 13.6 Å². The summed E-state index contributed by atoms with van der Waals surface area (Å²) in [7, 11) is 0. The monoisotopic (exact) mass is 191 g/mol. The molecule has 1 amide bonds. The van der Waals surface area contributed by atoms with Crippen LogP contribution in [0.1, 0.15) is 33.1 Å². The van der Waals surface area contributed by atoms with Crippen molar-refractivity contribution in [2.45, 2.75) is 51.6 Å². The maximum absolute atomic E-state index is 12.2. The summed E-state index contributed by atoms with van der Waals surface area (Å²) in [6.07, 6.45) is -0.163. The summed E-state index contributed by atoms with van der Waals surface area (Å²) in [4.78, 5) is 12.4. The first-order chi connectivity index (χ1) is 6.04. The van der Waals surface area contributed by atoms with Crippen molar-refractivity contribution in [3.8, 4) is 0 Å². The second-order valence-electron chi connectivity index (χ2n) is 3.68. The third kappa shape index (κ3) is 2.17. The molecule has 0 saturated carbocycles. The van der Waals surface area contributed by atoms with Crippen molar-refractivity contribution in [3.63, 3.8) is 0 Å². The van der Waals surface area contributed by atoms with E-state index in [4.69, 9.17) is 0 Å². The van der Waals surface area contributed by atoms with Crippen LogP contribution in [0.25, 0.3) is 0 Å². The van der Waals surface area contributed by atoms with E-state index in [1.165, 1.54) is 4.90 Å². The minimum atomic E-state index is -2.86. The summed E-state index contributed by atoms with van der Waals surface area (Å²) in [5, 5.41) is 0. The van der Waals surface area contributed by atoms with Gasteiger partial charge in [-0.2, -0.15) is 8.78 Å². The number of carbonyl (C=O) groups is 1. The van der Waals surface area contributed by atoms with Crippen molar-refractivity contribution in [2.75, 3.05) is 0 Å². The Balaban J connectivity index is 2.68. The second-order valence-corrected chi connectivity index (χ2v) is 3.68. The number of carbonyl (C=O) groups excluding carboxylic acids is 1. The van der Waals surface area contributed by atoms with E-state index < -0.39 is 12.3 Å². The van der Waals surface area contributed by atoms with Gasteiger partial charge in [0.05, 0.1) is 0 Å². The Morgan fingerprint density at radius 1 is 1.31 bits per heavy atom. The molecule has 4 heteroatoms. The third-order valence-electron chi connectivity index (χ3n) is 2.63. The first-order valence-corrected chi connectivity index (χ1v) is 4.64. The number of likely N-dealkylation sites (tertiary alicyclic amines) is 1. The lowest BCUT2D eigenvalue weighted by Gasteiger charge is -2.38. The fourth-order valence-corrected chi connectivity index (χ4v) is 1.97. The maximum atomic E-state index is 12.2. The van der Waals surface area contributed by atoms with Crippen LogP contribution in [0.2, 0.25) is 0 Å². The molecule has 76 valence electrons. The quantitative estimate of drug-likeness (QED) is 0.621. The third-order valence-corrected chi connectivity index (χ3v) is 2.63. The van der Waals surface area contributed by atoms with Crippen molar-refractivity contribution in [1.82, 2.24) is 4.90 Å². The van der Waals surface area contributed by atoms with Gasteiger partial charge in [-0.1, -0.05) is 0 Å². The van der Waals surface area contributed by atoms with E-state index in [0.717, 1.165) is 19.3 Å². The fourth-order valence-electron chi connectivity index (χ4n) is 1.97. The Morgan fingerprint density at radius 3 is 2.15 bits per heavy atom. The fraction of sp³-hybridized carbons (Fsp3) is 0.889. The normalized spacial score (nSPS) is 29.5. The lowest BCUT2D eigenvalue weighted by molar-refractivity contribution is -0.149. The highest BCUT2D eigenvalue weighted by molar-refractivity contribution is 5.80. The van der Waals surface area contributed by atoms with Crippen molar-refractivity contribution in [1.29, 1.82) is 0 Å². The number of piperidine rings is 1. The van der Waals surface area contributed by atoms with E-state index in [1.54, 1.807) is 0 Å². The molecule has 0 unspecified atom stereocenters. The molecular weight excluding hydrogens is 176 g/mol. The Hall–Kier alpha value is -0.670. The molecule has 0 N–H and O–H groups in total. The van der Waals surface area contributed by atoms with E-state index in [2.05, 4.69) is 0 Å². The molecule has 0 aromatic heterocycles. The van der Waals surface area contributed by atoms with Crippen LogP contribution >= 0.6 is 0 Å². The molecule has 1 aliphatic rings. The van der Waals surface area contributed by atoms with Gasteiger partial charge in [0, 0.05) is 12.1 Å². The first-order valence-electron chi connectivity index (χ1n) is 4.64. The Kier molecular flexibility index (Phi) is 3.22. The van der Waals surface area contributed by atoms with Crippen LogP contribution in [0.5, 0.6) is 0 Å². The molecule has 13 heavy (non-hydrogen) atoms. The molecule has 0 aromatic rings. The number of hydrogen-bond donors (Lipinski definition) is 0. The van der Waals surface area contributed by atoms with Crippen LogP contribution in [-0.2, 0) is 4.79 Å². The molecule has 0 spiro atoms. The molecule has 2 nitrogen and oxygen atoms in total. The van der Waals surface area contributed by atoms with Crippen LogP contribution in [-0.4, -0.2) is 29.3 Å². The molecule has 1 aliphatic heterocycles. The zero-order valence-electron chi connectivity index (χ0n) is 7.96. The highest BCUT2D eigenvalue weighted by Gasteiger charge is 2.33. The highest BCUT2D eigenvalue weighted by Crippen LogP contribution is 2.23. The van der Waals surface area contributed by atoms with Gasteiger partial charge in [-0.15, -0.1) is 0 Å². The molecule has 1 fully saturated rings. The van der Waals surface area contributed by atoms with Crippen LogP contribution in [0, 0.1) is 0 Å². The molecule has 0 aliphatic carbocycles. The minimum Gasteiger partial charge on any atom is -0.332 e. The Bertz CT molecular complexity index is 186. The van der Waals surface area contributed by atoms with Gasteiger partial charge in [0.2, 0.25) is 0 Å². The minimum absolute atomic E-state index is 0.0368. The Morgan fingerprint density at radius 2 is 1.77 bits per heavy atom. The average Bonchev–Trinajstić information content (AvgIpc) is 2.03. The molecule has 0 radical (unpaired) electrons. The van der Waals surface area contributed by atoms with Gasteiger partial charge in [-0.05, 0) is 33.1 Å². The summed E-state index contributed by atoms with van der Waals surface area (Å²) in [5.74, 6) is -1.01. The lowest BCUT2D eigenvalue weighted by atomic mass is 9.97. The first kappa shape index (κ1) is 10.4. The number of hydrogen-bond acceptors (Lipinski definition) is 1. The predicted molar refractivity (Wildman–Crippen MR) is 45.6 cm³/mol. The summed E-state index contributed by atoms with van der Waals surface area (Å²) in [6, 6.07) is -0.0736. The Labute approximate surface area is 76.9 Å². The van der Waals surface area contributed by atoms with Crippen molar-refractivity contribution in [3.05, 3.63) is 0 Å². The number of halogens is 2. The van der Waals surface area contributed by atoms with E-state index >= 15 is 0 Å². The van der Waals surface area contributed by atoms with Crippen LogP contribution in [0.3, 0.4) is 0 Å². The number of alkyl halides is 2. The van der Waals surface area contributed by atoms with Gasteiger partial charge in [-0.3, -0.25) is 4.79 Å². The van der Waals surface area contributed by atoms with Gasteiger partial charge >= 0.3 is 6.43 Å². The summed E-state index contributed by atoms with van der Waals surface area (Å²) < 4.78 is 24.3. The van der Waals surface area contributed by atoms with Gasteiger partial charge in [0.15, 0.2) is 0 Å². The van der Waals surface area contributed by atoms with Crippen molar-refractivity contribution in [2.24, 2.45) is 0 Å². The predicted octanol–water partition coefficient (Wildman–Crippen LogP) is 2.04. The summed E-state index contributed by atoms with van der Waals surface area (Å²) in [5.41, 5.74) is 0. The topological polar surface area (TPSA) is 20.3 Å². The molecular formula is C9H15F2NO. The number of nitrogens with zero attached hydrogens (tertiary/aromatic N) is 1. The van der Waals surface area contributed by atoms with E-state index in [9.17, 15) is 13.6 Å². The van der Waals surface area contributed by atoms with E-state index in [0.29, 0.717) is 0 Å². The van der Waals surface area contributed by atoms with Crippen LogP contribution in [0.4, 0.5) is 8.78 Å². The molecule has 0 bridgehead atoms. The van der Waals surface area contributed by atoms with Gasteiger partial charge in [0.1, 0.15) is 0 Å². The van der Waals surface area contributed by atoms with Crippen LogP contribution < -0.4 is 0 Å². The SMILES string of the molecule is C[C@@H]1CCC[C@H](C)N1C(=O)C(F)F. The van der Waals surface area contributed by atoms with Gasteiger partial charge in [-0.25, -0.2) is 0 Å². The smallest absolute Gasteiger partial charge is 0.315 e. The standard InChI is InChI=1S/C9H15F2NO/c1-6-4-3-5-7(2)12(6)9(13)8(10)11/h6-8H,3-5H2,1-2H3/t6-,7+. The highest BCUT2D eigenvalue weighted by atomic mass is 19.3. The lowest BCUT2D eigenvalue weighted by Crippen LogP contribution is -2.49. The average molecular weight is 191 g/mol. The second kappa shape index (κ2) is 4.03. The molecule has 1 rings (SSSR count). The molecule has 0 aromatic carbocycles. The zero-order chi connectivity index (χ0) is 10.0. The molecule has 1 heterocycles. The maximum Gasteiger partial charge on any atom is 0.315 e. The summed E-state index contributed by atoms with van der Waals surface area (Å²) >= 11 is 0. The number of rotatable bonds is 1. The van der Waals surface area contributed by atoms with E-state index in [-0.39, 0.29) is 12.1 Å². The number of amides is 1. The largest absolute Gasteiger partial charge is 0.332 e. The molecule has 1 saturated heterocycles. The van der Waals surface area contributed by atoms with E-state index in [1.807, 2.05) is 13.8 Å².